The summed E-state index contributed by atoms with van der Waals surface area (Å²) in [5.41, 5.74) is 4.98. The van der Waals surface area contributed by atoms with Gasteiger partial charge in [-0.2, -0.15) is 0 Å². The van der Waals surface area contributed by atoms with Crippen molar-refractivity contribution in [2.24, 2.45) is 11.1 Å². The van der Waals surface area contributed by atoms with Gasteiger partial charge in [-0.05, 0) is 6.92 Å². The van der Waals surface area contributed by atoms with Gasteiger partial charge in [-0.3, -0.25) is 9.59 Å². The number of nitrogens with one attached hydrogen (secondary N) is 1. The Hall–Kier alpha value is -0.790. The predicted octanol–water partition coefficient (Wildman–Crippen LogP) is 0.541. The van der Waals surface area contributed by atoms with E-state index in [1.165, 1.54) is 18.9 Å². The molecule has 0 saturated heterocycles. The molecule has 0 bridgehead atoms. The number of methoxy groups -OCH3 is 1. The molecule has 1 aliphatic rings. The van der Waals surface area contributed by atoms with Gasteiger partial charge in [-0.1, -0.05) is 13.8 Å². The molecule has 0 heterocycles. The Morgan fingerprint density at radius 2 is 2.10 bits per heavy atom. The molecule has 0 aromatic heterocycles. The van der Waals surface area contributed by atoms with Crippen LogP contribution in [-0.4, -0.2) is 55.3 Å². The summed E-state index contributed by atoms with van der Waals surface area (Å²) in [6, 6.07) is 0. The zero-order chi connectivity index (χ0) is 16.1. The van der Waals surface area contributed by atoms with Crippen LogP contribution < -0.4 is 11.1 Å². The van der Waals surface area contributed by atoms with E-state index in [9.17, 15) is 9.59 Å². The molecular formula is C14H26N2O4S. The van der Waals surface area contributed by atoms with Crippen molar-refractivity contribution in [3.8, 4) is 0 Å². The van der Waals surface area contributed by atoms with Gasteiger partial charge in [0.05, 0.1) is 19.0 Å². The number of carbonyl (C=O) groups excluding carboxylic acids is 2. The molecule has 6 nitrogen and oxygen atoms in total. The molecule has 21 heavy (non-hydrogen) atoms. The number of amides is 1. The van der Waals surface area contributed by atoms with Gasteiger partial charge < -0.3 is 20.5 Å². The minimum atomic E-state index is -0.889. The largest absolute Gasteiger partial charge is 0.468 e. The maximum Gasteiger partial charge on any atom is 0.315 e. The SMILES string of the molecule is CCOC1CC(N)(C(=O)NCCSCC(=O)OC)C1(C)C. The van der Waals surface area contributed by atoms with Crippen LogP contribution in [0.15, 0.2) is 0 Å². The number of hydrogen-bond donors (Lipinski definition) is 2. The number of carbonyl (C=O) groups is 2. The highest BCUT2D eigenvalue weighted by Gasteiger charge is 2.62. The van der Waals surface area contributed by atoms with Crippen molar-refractivity contribution in [3.63, 3.8) is 0 Å². The molecule has 3 N–H and O–H groups in total. The van der Waals surface area contributed by atoms with Crippen molar-refractivity contribution in [1.82, 2.24) is 5.32 Å². The maximum atomic E-state index is 12.3. The van der Waals surface area contributed by atoms with Crippen molar-refractivity contribution >= 4 is 23.6 Å². The molecule has 1 rings (SSSR count). The molecule has 0 radical (unpaired) electrons. The summed E-state index contributed by atoms with van der Waals surface area (Å²) >= 11 is 1.42. The highest BCUT2D eigenvalue weighted by molar-refractivity contribution is 7.99. The maximum absolute atomic E-state index is 12.3. The molecule has 1 saturated carbocycles. The fourth-order valence-electron chi connectivity index (χ4n) is 2.43. The van der Waals surface area contributed by atoms with Crippen LogP contribution in [0.4, 0.5) is 0 Å². The number of rotatable bonds is 8. The predicted molar refractivity (Wildman–Crippen MR) is 83.1 cm³/mol. The lowest BCUT2D eigenvalue weighted by molar-refractivity contribution is -0.170. The molecule has 2 unspecified atom stereocenters. The summed E-state index contributed by atoms with van der Waals surface area (Å²) in [5.74, 6) is 0.521. The fraction of sp³-hybridized carbons (Fsp3) is 0.857. The summed E-state index contributed by atoms with van der Waals surface area (Å²) in [7, 11) is 1.36. The lowest BCUT2D eigenvalue weighted by Gasteiger charge is -2.57. The Labute approximate surface area is 130 Å². The third-order valence-electron chi connectivity index (χ3n) is 4.21. The van der Waals surface area contributed by atoms with E-state index in [-0.39, 0.29) is 29.1 Å². The highest BCUT2D eigenvalue weighted by atomic mass is 32.2. The Bertz CT molecular complexity index is 389. The van der Waals surface area contributed by atoms with Gasteiger partial charge in [-0.25, -0.2) is 0 Å². The first-order valence-corrected chi connectivity index (χ1v) is 8.28. The normalized spacial score (nSPS) is 26.8. The second kappa shape index (κ2) is 7.47. The molecule has 122 valence electrons. The van der Waals surface area contributed by atoms with Gasteiger partial charge in [-0.15, -0.1) is 11.8 Å². The van der Waals surface area contributed by atoms with Crippen LogP contribution in [-0.2, 0) is 19.1 Å². The van der Waals surface area contributed by atoms with Gasteiger partial charge in [0.15, 0.2) is 0 Å². The van der Waals surface area contributed by atoms with Crippen LogP contribution in [0.25, 0.3) is 0 Å². The summed E-state index contributed by atoms with van der Waals surface area (Å²) in [4.78, 5) is 23.2. The molecular weight excluding hydrogens is 292 g/mol. The summed E-state index contributed by atoms with van der Waals surface area (Å²) in [5, 5.41) is 2.84. The lowest BCUT2D eigenvalue weighted by atomic mass is 9.54. The van der Waals surface area contributed by atoms with E-state index in [0.29, 0.717) is 25.3 Å². The summed E-state index contributed by atoms with van der Waals surface area (Å²) < 4.78 is 10.1. The fourth-order valence-corrected chi connectivity index (χ4v) is 3.10. The molecule has 1 fully saturated rings. The molecule has 0 aliphatic heterocycles. The van der Waals surface area contributed by atoms with E-state index in [1.54, 1.807) is 0 Å². The van der Waals surface area contributed by atoms with E-state index in [2.05, 4.69) is 10.1 Å². The first kappa shape index (κ1) is 18.3. The monoisotopic (exact) mass is 318 g/mol. The Kier molecular flexibility index (Phi) is 6.49. The molecule has 1 amide bonds. The third kappa shape index (κ3) is 3.90. The first-order chi connectivity index (χ1) is 9.79. The average Bonchev–Trinajstić information content (AvgIpc) is 2.45. The molecule has 7 heteroatoms. The van der Waals surface area contributed by atoms with Crippen LogP contribution in [0.1, 0.15) is 27.2 Å². The van der Waals surface area contributed by atoms with Crippen LogP contribution in [0, 0.1) is 5.41 Å². The minimum absolute atomic E-state index is 0.0203. The Morgan fingerprint density at radius 3 is 2.62 bits per heavy atom. The van der Waals surface area contributed by atoms with Gasteiger partial charge in [0.25, 0.3) is 0 Å². The van der Waals surface area contributed by atoms with E-state index < -0.39 is 5.54 Å². The van der Waals surface area contributed by atoms with Crippen molar-refractivity contribution in [2.75, 3.05) is 31.8 Å². The zero-order valence-electron chi connectivity index (χ0n) is 13.2. The number of nitrogens with two attached hydrogens (primary N) is 1. The van der Waals surface area contributed by atoms with Gasteiger partial charge in [0.2, 0.25) is 5.91 Å². The minimum Gasteiger partial charge on any atom is -0.468 e. The van der Waals surface area contributed by atoms with E-state index >= 15 is 0 Å². The van der Waals surface area contributed by atoms with Gasteiger partial charge >= 0.3 is 5.97 Å². The molecule has 2 atom stereocenters. The third-order valence-corrected chi connectivity index (χ3v) is 5.15. The van der Waals surface area contributed by atoms with Crippen LogP contribution in [0.5, 0.6) is 0 Å². The number of thioether (sulfide) groups is 1. The van der Waals surface area contributed by atoms with Crippen molar-refractivity contribution in [1.29, 1.82) is 0 Å². The topological polar surface area (TPSA) is 90.6 Å². The second-order valence-corrected chi connectivity index (χ2v) is 6.83. The average molecular weight is 318 g/mol. The molecule has 1 aliphatic carbocycles. The second-order valence-electron chi connectivity index (χ2n) is 5.73. The molecule has 0 spiro atoms. The summed E-state index contributed by atoms with van der Waals surface area (Å²) in [6.45, 7) is 6.96. The summed E-state index contributed by atoms with van der Waals surface area (Å²) in [6.07, 6.45) is 0.557. The lowest BCUT2D eigenvalue weighted by Crippen LogP contribution is -2.75. The zero-order valence-corrected chi connectivity index (χ0v) is 14.0. The first-order valence-electron chi connectivity index (χ1n) is 7.13. The van der Waals surface area contributed by atoms with E-state index in [0.717, 1.165) is 0 Å². The molecule has 0 aromatic rings. The van der Waals surface area contributed by atoms with Crippen molar-refractivity contribution in [2.45, 2.75) is 38.8 Å². The van der Waals surface area contributed by atoms with Crippen molar-refractivity contribution in [3.05, 3.63) is 0 Å². The number of hydrogen-bond acceptors (Lipinski definition) is 6. The Balaban J connectivity index is 2.34. The van der Waals surface area contributed by atoms with E-state index in [1.807, 2.05) is 20.8 Å². The standard InChI is InChI=1S/C14H26N2O4S/c1-5-20-10-8-14(15,13(10,2)3)12(18)16-6-7-21-9-11(17)19-4/h10H,5-9,15H2,1-4H3,(H,16,18). The Morgan fingerprint density at radius 1 is 1.43 bits per heavy atom. The molecule has 0 aromatic carbocycles. The quantitative estimate of drug-likeness (QED) is 0.501. The number of ether oxygens (including phenoxy) is 2. The highest BCUT2D eigenvalue weighted by Crippen LogP contribution is 2.49. The van der Waals surface area contributed by atoms with Gasteiger partial charge in [0, 0.05) is 30.7 Å². The van der Waals surface area contributed by atoms with E-state index in [4.69, 9.17) is 10.5 Å². The number of esters is 1. The van der Waals surface area contributed by atoms with Gasteiger partial charge in [0.1, 0.15) is 5.54 Å². The van der Waals surface area contributed by atoms with Crippen LogP contribution in [0.2, 0.25) is 0 Å². The van der Waals surface area contributed by atoms with Crippen LogP contribution in [0.3, 0.4) is 0 Å². The smallest absolute Gasteiger partial charge is 0.315 e. The van der Waals surface area contributed by atoms with Crippen molar-refractivity contribution < 1.29 is 19.1 Å². The van der Waals surface area contributed by atoms with Crippen LogP contribution >= 0.6 is 11.8 Å².